The van der Waals surface area contributed by atoms with Gasteiger partial charge in [0.25, 0.3) is 0 Å². The molecule has 6 heteroatoms. The predicted octanol–water partition coefficient (Wildman–Crippen LogP) is 8.42. The third kappa shape index (κ3) is 7.44. The van der Waals surface area contributed by atoms with E-state index >= 15 is 0 Å². The fraction of sp³-hybridized carbons (Fsp3) is 1.00. The molecule has 0 saturated heterocycles. The summed E-state index contributed by atoms with van der Waals surface area (Å²) in [5.74, 6) is 0.634. The Balaban J connectivity index is 6.07. The van der Waals surface area contributed by atoms with E-state index in [2.05, 4.69) is 96.9 Å². The molecule has 0 amide bonds. The van der Waals surface area contributed by atoms with Crippen LogP contribution in [0, 0.1) is 5.92 Å². The average Bonchev–Trinajstić information content (AvgIpc) is 2.54. The monoisotopic (exact) mass is 460 g/mol. The van der Waals surface area contributed by atoms with E-state index in [0.29, 0.717) is 39.2 Å². The van der Waals surface area contributed by atoms with Crippen molar-refractivity contribution in [3.05, 3.63) is 0 Å². The van der Waals surface area contributed by atoms with Gasteiger partial charge in [0.05, 0.1) is 0 Å². The topological polar surface area (TPSA) is 27.7 Å². The summed E-state index contributed by atoms with van der Waals surface area (Å²) in [6, 6.07) is 0. The summed E-state index contributed by atoms with van der Waals surface area (Å²) in [4.78, 5) is 0. The minimum Gasteiger partial charge on any atom is -0.498 e. The first kappa shape index (κ1) is 29.8. The molecule has 3 nitrogen and oxygen atoms in total. The zero-order valence-electron chi connectivity index (χ0n) is 22.3. The van der Waals surface area contributed by atoms with Crippen molar-refractivity contribution < 1.29 is 10.7 Å². The molecule has 0 aromatic rings. The summed E-state index contributed by atoms with van der Waals surface area (Å²) in [5.41, 5.74) is 3.27. The van der Waals surface area contributed by atoms with Gasteiger partial charge in [-0.05, 0) is 45.6 Å². The molecule has 0 aromatic heterocycles. The Hall–Kier alpha value is 0.846. The summed E-state index contributed by atoms with van der Waals surface area (Å²) in [6.45, 7) is 33.5. The van der Waals surface area contributed by atoms with Crippen molar-refractivity contribution in [2.75, 3.05) is 6.61 Å². The van der Waals surface area contributed by atoms with Gasteiger partial charge in [-0.2, -0.15) is 0 Å². The Morgan fingerprint density at radius 2 is 0.793 bits per heavy atom. The van der Waals surface area contributed by atoms with Gasteiger partial charge in [0.15, 0.2) is 16.6 Å². The van der Waals surface area contributed by atoms with Crippen LogP contribution in [0.2, 0.25) is 33.2 Å². The van der Waals surface area contributed by atoms with Crippen molar-refractivity contribution >= 4 is 31.8 Å². The van der Waals surface area contributed by atoms with Gasteiger partial charge in [0, 0.05) is 6.61 Å². The van der Waals surface area contributed by atoms with Crippen LogP contribution in [-0.4, -0.2) is 38.4 Å². The van der Waals surface area contributed by atoms with E-state index in [1.54, 1.807) is 0 Å². The average molecular weight is 461 g/mol. The number of hydrogen-bond donors (Lipinski definition) is 0. The second kappa shape index (κ2) is 12.8. The van der Waals surface area contributed by atoms with E-state index in [1.807, 2.05) is 0 Å². The van der Waals surface area contributed by atoms with Crippen LogP contribution >= 0.6 is 0 Å². The fourth-order valence-electron chi connectivity index (χ4n) is 5.64. The van der Waals surface area contributed by atoms with Gasteiger partial charge in [0.2, 0.25) is 0 Å². The molecular weight excluding hydrogens is 407 g/mol. The fourth-order valence-corrected chi connectivity index (χ4v) is 24.3. The van der Waals surface area contributed by atoms with E-state index in [1.165, 1.54) is 0 Å². The molecule has 0 N–H and O–H groups in total. The van der Waals surface area contributed by atoms with Crippen LogP contribution in [0.25, 0.3) is 0 Å². The number of rotatable bonds is 14. The van der Waals surface area contributed by atoms with Crippen LogP contribution in [0.4, 0.5) is 0 Å². The molecule has 0 aromatic carbocycles. The maximum atomic E-state index is 7.18. The minimum atomic E-state index is -2.26. The Labute approximate surface area is 191 Å². The van der Waals surface area contributed by atoms with E-state index in [9.17, 15) is 0 Å². The van der Waals surface area contributed by atoms with Gasteiger partial charge in [-0.25, -0.2) is 0 Å². The van der Waals surface area contributed by atoms with Crippen molar-refractivity contribution in [1.29, 1.82) is 0 Å². The zero-order chi connectivity index (χ0) is 23.2. The van der Waals surface area contributed by atoms with E-state index in [0.717, 1.165) is 13.0 Å². The van der Waals surface area contributed by atoms with Crippen LogP contribution in [-0.2, 0) is 10.7 Å². The van der Waals surface area contributed by atoms with Crippen molar-refractivity contribution in [3.63, 3.8) is 0 Å². The van der Waals surface area contributed by atoms with Crippen molar-refractivity contribution in [3.8, 4) is 0 Å². The summed E-state index contributed by atoms with van der Waals surface area (Å²) in [6.07, 6.45) is 1.06. The van der Waals surface area contributed by atoms with Crippen molar-refractivity contribution in [2.24, 2.45) is 5.92 Å². The Morgan fingerprint density at radius 3 is 1.00 bits per heavy atom. The molecule has 174 valence electrons. The third-order valence-corrected chi connectivity index (χ3v) is 23.1. The summed E-state index contributed by atoms with van der Waals surface area (Å²) in [5, 5.41) is 0. The normalized spacial score (nSPS) is 14.0. The second-order valence-corrected chi connectivity index (χ2v) is 24.4. The molecule has 0 unspecified atom stereocenters. The smallest absolute Gasteiger partial charge is 0.498 e. The SMILES string of the molecule is CC(C)CC[O][Al]([O][Si](C(C)C)(C(C)C)C(C)C)[O][Si](C(C)C)(C(C)C)C(C)C. The van der Waals surface area contributed by atoms with Gasteiger partial charge in [-0.1, -0.05) is 96.9 Å². The molecule has 0 heterocycles. The largest absolute Gasteiger partial charge is 0.883 e. The van der Waals surface area contributed by atoms with Gasteiger partial charge >= 0.3 is 15.1 Å². The highest BCUT2D eigenvalue weighted by atomic mass is 28.4. The lowest BCUT2D eigenvalue weighted by atomic mass is 10.2. The highest BCUT2D eigenvalue weighted by Crippen LogP contribution is 2.46. The molecule has 0 aliphatic rings. The molecule has 0 bridgehead atoms. The van der Waals surface area contributed by atoms with Crippen molar-refractivity contribution in [2.45, 2.75) is 137 Å². The van der Waals surface area contributed by atoms with Crippen LogP contribution in [0.3, 0.4) is 0 Å². The predicted molar refractivity (Wildman–Crippen MR) is 135 cm³/mol. The Kier molecular flexibility index (Phi) is 13.1. The van der Waals surface area contributed by atoms with Crippen LogP contribution in [0.1, 0.15) is 103 Å². The molecular formula is C23H53AlO3Si2. The quantitative estimate of drug-likeness (QED) is 0.243. The Morgan fingerprint density at radius 1 is 0.517 bits per heavy atom. The maximum absolute atomic E-state index is 7.18. The molecule has 0 radical (unpaired) electrons. The van der Waals surface area contributed by atoms with Gasteiger partial charge in [-0.15, -0.1) is 0 Å². The molecule has 0 spiro atoms. The first-order valence-corrected chi connectivity index (χ1v) is 17.8. The summed E-state index contributed by atoms with van der Waals surface area (Å²) >= 11 is -2.26. The van der Waals surface area contributed by atoms with Crippen LogP contribution in [0.15, 0.2) is 0 Å². The minimum absolute atomic E-state index is 0.544. The van der Waals surface area contributed by atoms with Gasteiger partial charge in [-0.3, -0.25) is 0 Å². The standard InChI is InChI=1S/2C9H21OSi.C5H11O.Al/c2*1-7(2)11(10,8(3)4)9(5)6;1-5(2)3-4-6;/h2*7-9H,1-6H3;5H,3-4H2,1-2H3;/q3*-1;+3. The lowest BCUT2D eigenvalue weighted by Crippen LogP contribution is -2.58. The van der Waals surface area contributed by atoms with Crippen LogP contribution in [0.5, 0.6) is 0 Å². The molecule has 0 rings (SSSR count). The number of hydrogen-bond acceptors (Lipinski definition) is 3. The lowest BCUT2D eigenvalue weighted by Gasteiger charge is -2.48. The summed E-state index contributed by atoms with van der Waals surface area (Å²) in [7, 11) is -4.08. The van der Waals surface area contributed by atoms with Gasteiger partial charge < -0.3 is 10.7 Å². The first-order chi connectivity index (χ1) is 13.2. The van der Waals surface area contributed by atoms with Gasteiger partial charge in [0.1, 0.15) is 0 Å². The zero-order valence-corrected chi connectivity index (χ0v) is 25.4. The molecule has 0 fully saturated rings. The first-order valence-electron chi connectivity index (χ1n) is 12.1. The summed E-state index contributed by atoms with van der Waals surface area (Å²) < 4.78 is 20.9. The van der Waals surface area contributed by atoms with E-state index in [4.69, 9.17) is 10.7 Å². The lowest BCUT2D eigenvalue weighted by molar-refractivity contribution is 0.175. The second-order valence-electron chi connectivity index (χ2n) is 11.2. The molecule has 0 aliphatic heterocycles. The van der Waals surface area contributed by atoms with E-state index < -0.39 is 31.8 Å². The molecule has 29 heavy (non-hydrogen) atoms. The third-order valence-electron chi connectivity index (χ3n) is 6.96. The van der Waals surface area contributed by atoms with Crippen molar-refractivity contribution in [1.82, 2.24) is 0 Å². The van der Waals surface area contributed by atoms with E-state index in [-0.39, 0.29) is 0 Å². The molecule has 0 aliphatic carbocycles. The molecule has 0 saturated carbocycles. The maximum Gasteiger partial charge on any atom is 0.883 e. The highest BCUT2D eigenvalue weighted by Gasteiger charge is 2.55. The Bertz CT molecular complexity index is 374. The molecule has 0 atom stereocenters. The van der Waals surface area contributed by atoms with Crippen LogP contribution < -0.4 is 0 Å². The highest BCUT2D eigenvalue weighted by molar-refractivity contribution is 6.85.